The lowest BCUT2D eigenvalue weighted by Crippen LogP contribution is -2.59. The molecule has 11 nitrogen and oxygen atoms in total. The average molecular weight is 529 g/mol. The molecular formula is C26H28N10OS. The predicted molar refractivity (Wildman–Crippen MR) is 142 cm³/mol. The van der Waals surface area contributed by atoms with Gasteiger partial charge in [0.15, 0.2) is 11.6 Å². The smallest absolute Gasteiger partial charge is 0.320 e. The molecule has 7 rings (SSSR count). The lowest BCUT2D eigenvalue weighted by molar-refractivity contribution is 0.268. The molecule has 3 aromatic rings. The molecule has 0 radical (unpaired) electrons. The van der Waals surface area contributed by atoms with Crippen molar-refractivity contribution < 1.29 is 4.74 Å². The molecule has 0 aromatic carbocycles. The zero-order valence-corrected chi connectivity index (χ0v) is 22.0. The van der Waals surface area contributed by atoms with E-state index in [2.05, 4.69) is 32.4 Å². The first-order valence-corrected chi connectivity index (χ1v) is 13.8. The third-order valence-corrected chi connectivity index (χ3v) is 9.60. The van der Waals surface area contributed by atoms with E-state index in [4.69, 9.17) is 20.4 Å². The summed E-state index contributed by atoms with van der Waals surface area (Å²) in [6.07, 6.45) is 5.90. The average Bonchev–Trinajstić information content (AvgIpc) is 3.64. The standard InChI is InChI=1S/C26H28N10OS/c1-34-17(5-7-30-34)12-37-25-32-23(35-10-15-2-3-16(11-35)31-15)19(9-28)24(33-25)36-13-26(14-36)6-4-20-21(26)18(8-27)22(29)38-20/h5,7,15-16,31H,2-4,6,10-14,29H2,1H3. The Balaban J connectivity index is 1.24. The van der Waals surface area contributed by atoms with E-state index in [0.29, 0.717) is 52.9 Å². The Morgan fingerprint density at radius 3 is 2.50 bits per heavy atom. The van der Waals surface area contributed by atoms with E-state index in [1.165, 1.54) is 16.2 Å². The first-order chi connectivity index (χ1) is 18.5. The van der Waals surface area contributed by atoms with Crippen LogP contribution in [-0.4, -0.2) is 58.0 Å². The number of nitrogen functional groups attached to an aromatic ring is 1. The highest BCUT2D eigenvalue weighted by Gasteiger charge is 2.52. The van der Waals surface area contributed by atoms with Crippen LogP contribution in [0.1, 0.15) is 46.5 Å². The van der Waals surface area contributed by atoms with Gasteiger partial charge in [-0.1, -0.05) is 0 Å². The minimum Gasteiger partial charge on any atom is -0.457 e. The zero-order valence-electron chi connectivity index (χ0n) is 21.1. The lowest BCUT2D eigenvalue weighted by atomic mass is 9.74. The van der Waals surface area contributed by atoms with E-state index >= 15 is 0 Å². The summed E-state index contributed by atoms with van der Waals surface area (Å²) < 4.78 is 7.84. The molecule has 1 spiro atoms. The van der Waals surface area contributed by atoms with Crippen LogP contribution in [0, 0.1) is 22.7 Å². The van der Waals surface area contributed by atoms with Gasteiger partial charge in [0, 0.05) is 61.8 Å². The Bertz CT molecular complexity index is 1500. The lowest BCUT2D eigenvalue weighted by Gasteiger charge is -2.49. The van der Waals surface area contributed by atoms with Gasteiger partial charge in [0.1, 0.15) is 29.3 Å². The van der Waals surface area contributed by atoms with Gasteiger partial charge in [0.05, 0.1) is 11.3 Å². The largest absolute Gasteiger partial charge is 0.457 e. The molecule has 0 saturated carbocycles. The van der Waals surface area contributed by atoms with Crippen molar-refractivity contribution in [2.24, 2.45) is 7.05 Å². The van der Waals surface area contributed by atoms with Gasteiger partial charge in [-0.3, -0.25) is 4.68 Å². The molecule has 3 aromatic heterocycles. The molecule has 2 unspecified atom stereocenters. The van der Waals surface area contributed by atoms with Gasteiger partial charge in [-0.2, -0.15) is 25.6 Å². The van der Waals surface area contributed by atoms with E-state index in [9.17, 15) is 10.5 Å². The first kappa shape index (κ1) is 23.3. The van der Waals surface area contributed by atoms with Gasteiger partial charge >= 0.3 is 6.01 Å². The number of hydrogen-bond acceptors (Lipinski definition) is 11. The molecule has 3 N–H and O–H groups in total. The van der Waals surface area contributed by atoms with Crippen LogP contribution in [0.15, 0.2) is 12.3 Å². The number of thiophene rings is 1. The number of ether oxygens (including phenoxy) is 1. The predicted octanol–water partition coefficient (Wildman–Crippen LogP) is 1.82. The number of anilines is 3. The van der Waals surface area contributed by atoms with Crippen molar-refractivity contribution in [2.75, 3.05) is 41.7 Å². The Morgan fingerprint density at radius 1 is 1.13 bits per heavy atom. The van der Waals surface area contributed by atoms with Crippen LogP contribution < -0.4 is 25.6 Å². The SMILES string of the molecule is Cn1nccc1COc1nc(N2CC3CCC(C2)N3)c(C#N)c(N2CC3(CCc4sc(N)c(C#N)c43)C2)n1. The maximum atomic E-state index is 10.3. The summed E-state index contributed by atoms with van der Waals surface area (Å²) in [5.41, 5.74) is 9.17. The van der Waals surface area contributed by atoms with Gasteiger partial charge in [0.2, 0.25) is 0 Å². The molecule has 12 heteroatoms. The normalized spacial score (nSPS) is 22.7. The molecule has 3 fully saturated rings. The molecule has 2 atom stereocenters. The van der Waals surface area contributed by atoms with Crippen LogP contribution in [0.25, 0.3) is 0 Å². The molecule has 1 aliphatic carbocycles. The summed E-state index contributed by atoms with van der Waals surface area (Å²) in [7, 11) is 1.87. The number of nitrogens with zero attached hydrogens (tertiary/aromatic N) is 8. The van der Waals surface area contributed by atoms with Gasteiger partial charge < -0.3 is 25.6 Å². The highest BCUT2D eigenvalue weighted by atomic mass is 32.1. The van der Waals surface area contributed by atoms with E-state index < -0.39 is 0 Å². The van der Waals surface area contributed by atoms with E-state index in [1.54, 1.807) is 10.9 Å². The molecule has 3 saturated heterocycles. The van der Waals surface area contributed by atoms with Crippen molar-refractivity contribution in [1.29, 1.82) is 10.5 Å². The Labute approximate surface area is 224 Å². The van der Waals surface area contributed by atoms with Crippen molar-refractivity contribution in [2.45, 2.75) is 49.8 Å². The van der Waals surface area contributed by atoms with Crippen LogP contribution in [-0.2, 0) is 25.5 Å². The maximum Gasteiger partial charge on any atom is 0.320 e. The second-order valence-corrected chi connectivity index (χ2v) is 11.9. The third kappa shape index (κ3) is 3.51. The van der Waals surface area contributed by atoms with Crippen molar-refractivity contribution in [3.8, 4) is 18.1 Å². The van der Waals surface area contributed by atoms with Gasteiger partial charge in [0.25, 0.3) is 0 Å². The molecule has 0 amide bonds. The minimum absolute atomic E-state index is 0.129. The summed E-state index contributed by atoms with van der Waals surface area (Å²) in [6.45, 7) is 3.25. The minimum atomic E-state index is -0.129. The molecule has 2 bridgehead atoms. The van der Waals surface area contributed by atoms with Crippen LogP contribution in [0.2, 0.25) is 0 Å². The molecule has 6 heterocycles. The Hall–Kier alpha value is -3.87. The van der Waals surface area contributed by atoms with E-state index in [-0.39, 0.29) is 18.0 Å². The Morgan fingerprint density at radius 2 is 1.84 bits per heavy atom. The number of rotatable bonds is 5. The molecule has 38 heavy (non-hydrogen) atoms. The molecule has 3 aliphatic heterocycles. The topological polar surface area (TPSA) is 145 Å². The maximum absolute atomic E-state index is 10.3. The second kappa shape index (κ2) is 8.58. The zero-order chi connectivity index (χ0) is 26.0. The number of nitrogens with one attached hydrogen (secondary N) is 1. The van der Waals surface area contributed by atoms with Gasteiger partial charge in [-0.05, 0) is 37.3 Å². The summed E-state index contributed by atoms with van der Waals surface area (Å²) in [5.74, 6) is 1.24. The van der Waals surface area contributed by atoms with Gasteiger partial charge in [-0.15, -0.1) is 11.3 Å². The van der Waals surface area contributed by atoms with Crippen molar-refractivity contribution in [3.05, 3.63) is 39.5 Å². The van der Waals surface area contributed by atoms with E-state index in [0.717, 1.165) is 50.0 Å². The fourth-order valence-electron chi connectivity index (χ4n) is 6.67. The van der Waals surface area contributed by atoms with Gasteiger partial charge in [-0.25, -0.2) is 0 Å². The van der Waals surface area contributed by atoms with Crippen molar-refractivity contribution in [1.82, 2.24) is 25.1 Å². The summed E-state index contributed by atoms with van der Waals surface area (Å²) in [6, 6.07) is 7.71. The van der Waals surface area contributed by atoms with Crippen LogP contribution in [0.5, 0.6) is 6.01 Å². The summed E-state index contributed by atoms with van der Waals surface area (Å²) in [4.78, 5) is 15.1. The summed E-state index contributed by atoms with van der Waals surface area (Å²) in [5, 5.41) is 28.6. The van der Waals surface area contributed by atoms with Crippen molar-refractivity contribution >= 4 is 28.0 Å². The number of aromatic nitrogens is 4. The number of piperazine rings is 1. The molecule has 194 valence electrons. The number of fused-ring (bicyclic) bond motifs is 4. The first-order valence-electron chi connectivity index (χ1n) is 13.0. The monoisotopic (exact) mass is 528 g/mol. The fraction of sp³-hybridized carbons (Fsp3) is 0.500. The summed E-state index contributed by atoms with van der Waals surface area (Å²) >= 11 is 1.54. The Kier molecular flexibility index (Phi) is 5.25. The third-order valence-electron chi connectivity index (χ3n) is 8.52. The highest BCUT2D eigenvalue weighted by Crippen LogP contribution is 2.53. The van der Waals surface area contributed by atoms with Crippen LogP contribution in [0.4, 0.5) is 16.6 Å². The van der Waals surface area contributed by atoms with E-state index in [1.807, 2.05) is 13.1 Å². The fourth-order valence-corrected chi connectivity index (χ4v) is 7.81. The quantitative estimate of drug-likeness (QED) is 0.503. The van der Waals surface area contributed by atoms with Crippen molar-refractivity contribution in [3.63, 3.8) is 0 Å². The molecule has 4 aliphatic rings. The van der Waals surface area contributed by atoms with Crippen LogP contribution in [0.3, 0.4) is 0 Å². The number of aryl methyl sites for hydroxylation is 2. The number of nitrogens with two attached hydrogens (primary N) is 1. The number of hydrogen-bond donors (Lipinski definition) is 2. The number of nitriles is 2. The van der Waals surface area contributed by atoms with Crippen LogP contribution >= 0.6 is 11.3 Å². The molecular weight excluding hydrogens is 500 g/mol. The second-order valence-electron chi connectivity index (χ2n) is 10.8. The highest BCUT2D eigenvalue weighted by molar-refractivity contribution is 7.16.